The minimum absolute atomic E-state index is 0.0641. The van der Waals surface area contributed by atoms with Gasteiger partial charge in [-0.1, -0.05) is 0 Å². The van der Waals surface area contributed by atoms with Gasteiger partial charge >= 0.3 is 12.0 Å². The molecule has 3 rings (SSSR count). The van der Waals surface area contributed by atoms with Crippen LogP contribution in [0, 0.1) is 10.1 Å². The number of nitro groups is 1. The van der Waals surface area contributed by atoms with Crippen molar-refractivity contribution in [3.8, 4) is 5.75 Å². The van der Waals surface area contributed by atoms with Gasteiger partial charge in [0.15, 0.2) is 0 Å². The molecule has 0 aliphatic carbocycles. The minimum Gasteiger partial charge on any atom is -0.406 e. The topological polar surface area (TPSA) is 115 Å². The second-order valence-corrected chi connectivity index (χ2v) is 5.23. The molecule has 0 bridgehead atoms. The maximum absolute atomic E-state index is 12.2. The molecule has 0 saturated heterocycles. The first-order valence-electron chi connectivity index (χ1n) is 7.61. The molecule has 0 spiro atoms. The number of aromatic nitrogens is 3. The Bertz CT molecular complexity index is 968. The van der Waals surface area contributed by atoms with Crippen molar-refractivity contribution < 1.29 is 22.8 Å². The zero-order valence-electron chi connectivity index (χ0n) is 13.8. The lowest BCUT2D eigenvalue weighted by atomic mass is 10.3. The SMILES string of the molecule is O=[N+]([O-])c1c(Nc2ccncc2)ncnc1Nc1ccc(OC(F)(F)F)cc1. The van der Waals surface area contributed by atoms with Crippen molar-refractivity contribution >= 4 is 28.7 Å². The fraction of sp³-hybridized carbons (Fsp3) is 0.0625. The van der Waals surface area contributed by atoms with Crippen molar-refractivity contribution in [2.75, 3.05) is 10.6 Å². The molecule has 0 unspecified atom stereocenters. The van der Waals surface area contributed by atoms with Gasteiger partial charge in [-0.25, -0.2) is 9.97 Å². The molecule has 0 saturated carbocycles. The second-order valence-electron chi connectivity index (χ2n) is 5.23. The summed E-state index contributed by atoms with van der Waals surface area (Å²) in [5.41, 5.74) is 0.359. The molecule has 3 aromatic rings. The average molecular weight is 392 g/mol. The highest BCUT2D eigenvalue weighted by Gasteiger charge is 2.31. The van der Waals surface area contributed by atoms with Crippen LogP contribution in [0.5, 0.6) is 5.75 Å². The summed E-state index contributed by atoms with van der Waals surface area (Å²) >= 11 is 0. The smallest absolute Gasteiger partial charge is 0.406 e. The Morgan fingerprint density at radius 3 is 1.96 bits per heavy atom. The third kappa shape index (κ3) is 4.81. The van der Waals surface area contributed by atoms with E-state index in [1.807, 2.05) is 0 Å². The van der Waals surface area contributed by atoms with Gasteiger partial charge in [-0.2, -0.15) is 0 Å². The zero-order valence-corrected chi connectivity index (χ0v) is 13.8. The van der Waals surface area contributed by atoms with Gasteiger partial charge in [0.2, 0.25) is 11.6 Å². The number of nitrogens with one attached hydrogen (secondary N) is 2. The number of anilines is 4. The highest BCUT2D eigenvalue weighted by Crippen LogP contribution is 2.33. The summed E-state index contributed by atoms with van der Waals surface area (Å²) in [4.78, 5) is 22.4. The highest BCUT2D eigenvalue weighted by atomic mass is 19.4. The largest absolute Gasteiger partial charge is 0.573 e. The Labute approximate surface area is 155 Å². The van der Waals surface area contributed by atoms with E-state index in [0.29, 0.717) is 5.69 Å². The summed E-state index contributed by atoms with van der Waals surface area (Å²) in [6, 6.07) is 7.86. The van der Waals surface area contributed by atoms with Crippen LogP contribution < -0.4 is 15.4 Å². The van der Waals surface area contributed by atoms with Crippen molar-refractivity contribution in [2.45, 2.75) is 6.36 Å². The van der Waals surface area contributed by atoms with Gasteiger partial charge in [-0.05, 0) is 36.4 Å². The average Bonchev–Trinajstić information content (AvgIpc) is 2.63. The van der Waals surface area contributed by atoms with Crippen molar-refractivity contribution in [3.63, 3.8) is 0 Å². The monoisotopic (exact) mass is 392 g/mol. The van der Waals surface area contributed by atoms with Gasteiger partial charge in [0.1, 0.15) is 12.1 Å². The number of benzene rings is 1. The first-order chi connectivity index (χ1) is 13.3. The lowest BCUT2D eigenvalue weighted by molar-refractivity contribution is -0.383. The van der Waals surface area contributed by atoms with E-state index in [1.54, 1.807) is 12.1 Å². The van der Waals surface area contributed by atoms with Crippen LogP contribution in [0.4, 0.5) is 41.9 Å². The molecule has 0 aliphatic rings. The van der Waals surface area contributed by atoms with Crippen LogP contribution in [0.15, 0.2) is 55.1 Å². The van der Waals surface area contributed by atoms with Gasteiger partial charge in [0.05, 0.1) is 4.92 Å². The fourth-order valence-corrected chi connectivity index (χ4v) is 2.18. The van der Waals surface area contributed by atoms with Gasteiger partial charge < -0.3 is 15.4 Å². The zero-order chi connectivity index (χ0) is 20.1. The standard InChI is InChI=1S/C16H11F3N6O3/c17-16(18,19)28-12-3-1-10(2-4-12)23-14-13(25(26)27)15(22-9-21-14)24-11-5-7-20-8-6-11/h1-9H,(H2,20,21,22,23,24). The van der Waals surface area contributed by atoms with E-state index in [9.17, 15) is 23.3 Å². The first kappa shape index (κ1) is 18.8. The molecular weight excluding hydrogens is 381 g/mol. The predicted molar refractivity (Wildman–Crippen MR) is 92.6 cm³/mol. The van der Waals surface area contributed by atoms with Crippen LogP contribution in [-0.2, 0) is 0 Å². The van der Waals surface area contributed by atoms with Crippen LogP contribution in [-0.4, -0.2) is 26.2 Å². The van der Waals surface area contributed by atoms with Gasteiger partial charge in [-0.15, -0.1) is 13.2 Å². The molecule has 0 radical (unpaired) electrons. The first-order valence-corrected chi connectivity index (χ1v) is 7.61. The number of pyridine rings is 1. The number of ether oxygens (including phenoxy) is 1. The summed E-state index contributed by atoms with van der Waals surface area (Å²) in [7, 11) is 0. The molecule has 144 valence electrons. The Balaban J connectivity index is 1.85. The summed E-state index contributed by atoms with van der Waals surface area (Å²) in [6.45, 7) is 0. The number of alkyl halides is 3. The molecule has 9 nitrogen and oxygen atoms in total. The van der Waals surface area contributed by atoms with E-state index in [0.717, 1.165) is 18.5 Å². The van der Waals surface area contributed by atoms with E-state index >= 15 is 0 Å². The van der Waals surface area contributed by atoms with E-state index in [-0.39, 0.29) is 17.3 Å². The summed E-state index contributed by atoms with van der Waals surface area (Å²) < 4.78 is 40.4. The van der Waals surface area contributed by atoms with Gasteiger partial charge in [0.25, 0.3) is 0 Å². The molecule has 2 heterocycles. The van der Waals surface area contributed by atoms with E-state index in [2.05, 4.69) is 30.3 Å². The Kier molecular flexibility index (Phi) is 5.20. The number of halogens is 3. The van der Waals surface area contributed by atoms with Gasteiger partial charge in [0, 0.05) is 23.8 Å². The molecule has 1 aromatic carbocycles. The summed E-state index contributed by atoms with van der Waals surface area (Å²) in [5.74, 6) is -0.623. The van der Waals surface area contributed by atoms with E-state index < -0.39 is 22.7 Å². The molecule has 0 atom stereocenters. The molecular formula is C16H11F3N6O3. The summed E-state index contributed by atoms with van der Waals surface area (Å²) in [5, 5.41) is 17.0. The number of hydrogen-bond donors (Lipinski definition) is 2. The molecule has 0 aliphatic heterocycles. The Hall–Kier alpha value is -3.96. The van der Waals surface area contributed by atoms with Crippen molar-refractivity contribution in [1.29, 1.82) is 0 Å². The highest BCUT2D eigenvalue weighted by molar-refractivity contribution is 5.76. The normalized spacial score (nSPS) is 11.0. The van der Waals surface area contributed by atoms with Crippen molar-refractivity contribution in [3.05, 3.63) is 65.2 Å². The molecule has 12 heteroatoms. The Morgan fingerprint density at radius 1 is 0.929 bits per heavy atom. The van der Waals surface area contributed by atoms with Gasteiger partial charge in [-0.3, -0.25) is 15.1 Å². The minimum atomic E-state index is -4.81. The van der Waals surface area contributed by atoms with Crippen molar-refractivity contribution in [2.24, 2.45) is 0 Å². The van der Waals surface area contributed by atoms with E-state index in [1.165, 1.54) is 24.5 Å². The maximum atomic E-state index is 12.2. The third-order valence-corrected chi connectivity index (χ3v) is 3.30. The van der Waals surface area contributed by atoms with E-state index in [4.69, 9.17) is 0 Å². The molecule has 28 heavy (non-hydrogen) atoms. The molecule has 0 amide bonds. The predicted octanol–water partition coefficient (Wildman–Crippen LogP) is 4.17. The number of nitrogens with zero attached hydrogens (tertiary/aromatic N) is 4. The molecule has 2 aromatic heterocycles. The Morgan fingerprint density at radius 2 is 1.46 bits per heavy atom. The maximum Gasteiger partial charge on any atom is 0.573 e. The fourth-order valence-electron chi connectivity index (χ4n) is 2.18. The molecule has 2 N–H and O–H groups in total. The third-order valence-electron chi connectivity index (χ3n) is 3.30. The molecule has 0 fully saturated rings. The number of hydrogen-bond acceptors (Lipinski definition) is 8. The lowest BCUT2D eigenvalue weighted by Crippen LogP contribution is -2.17. The van der Waals surface area contributed by atoms with Crippen LogP contribution in [0.25, 0.3) is 0 Å². The van der Waals surface area contributed by atoms with Crippen molar-refractivity contribution in [1.82, 2.24) is 15.0 Å². The lowest BCUT2D eigenvalue weighted by Gasteiger charge is -2.11. The van der Waals surface area contributed by atoms with Crippen LogP contribution in [0.3, 0.4) is 0 Å². The van der Waals surface area contributed by atoms with Crippen LogP contribution in [0.2, 0.25) is 0 Å². The summed E-state index contributed by atoms with van der Waals surface area (Å²) in [6.07, 6.45) is -0.702. The van der Waals surface area contributed by atoms with Crippen LogP contribution in [0.1, 0.15) is 0 Å². The van der Waals surface area contributed by atoms with Crippen LogP contribution >= 0.6 is 0 Å². The number of rotatable bonds is 6. The second kappa shape index (κ2) is 7.73. The quantitative estimate of drug-likeness (QED) is 0.475.